The van der Waals surface area contributed by atoms with Crippen molar-refractivity contribution in [3.8, 4) is 5.75 Å². The van der Waals surface area contributed by atoms with E-state index in [0.29, 0.717) is 6.42 Å². The van der Waals surface area contributed by atoms with Crippen LogP contribution in [0.4, 0.5) is 0 Å². The Morgan fingerprint density at radius 2 is 2.30 bits per heavy atom. The van der Waals surface area contributed by atoms with Crippen LogP contribution in [-0.2, 0) is 6.54 Å². The maximum Gasteiger partial charge on any atom is 0.143 e. The van der Waals surface area contributed by atoms with E-state index in [4.69, 9.17) is 4.74 Å². The number of rotatable bonds is 3. The number of hydrogen-bond donors (Lipinski definition) is 1. The molecule has 0 aliphatic carbocycles. The van der Waals surface area contributed by atoms with Crippen LogP contribution in [0.3, 0.4) is 0 Å². The minimum Gasteiger partial charge on any atom is -0.484 e. The third-order valence-corrected chi connectivity index (χ3v) is 3.77. The summed E-state index contributed by atoms with van der Waals surface area (Å²) in [4.78, 5) is 4.21. The number of imidazole rings is 1. The van der Waals surface area contributed by atoms with Gasteiger partial charge in [0.05, 0.1) is 24.3 Å². The van der Waals surface area contributed by atoms with E-state index in [0.717, 1.165) is 35.5 Å². The zero-order valence-corrected chi connectivity index (χ0v) is 11.9. The number of aliphatic hydroxyl groups excluding tert-OH is 1. The van der Waals surface area contributed by atoms with Crippen LogP contribution in [0, 0.1) is 6.92 Å². The van der Waals surface area contributed by atoms with Gasteiger partial charge in [-0.25, -0.2) is 4.98 Å². The van der Waals surface area contributed by atoms with Gasteiger partial charge in [-0.3, -0.25) is 0 Å². The van der Waals surface area contributed by atoms with Crippen LogP contribution in [0.15, 0.2) is 30.7 Å². The summed E-state index contributed by atoms with van der Waals surface area (Å²) in [6.07, 6.45) is 4.69. The Hall–Kier alpha value is -1.81. The lowest BCUT2D eigenvalue weighted by atomic mass is 9.96. The summed E-state index contributed by atoms with van der Waals surface area (Å²) >= 11 is 0. The van der Waals surface area contributed by atoms with Crippen LogP contribution < -0.4 is 4.74 Å². The number of ether oxygens (including phenoxy) is 1. The molecule has 0 radical (unpaired) electrons. The quantitative estimate of drug-likeness (QED) is 0.933. The van der Waals surface area contributed by atoms with Crippen molar-refractivity contribution in [2.45, 2.75) is 45.4 Å². The van der Waals surface area contributed by atoms with Crippen molar-refractivity contribution in [3.63, 3.8) is 0 Å². The van der Waals surface area contributed by atoms with Crippen LogP contribution >= 0.6 is 0 Å². The molecule has 20 heavy (non-hydrogen) atoms. The van der Waals surface area contributed by atoms with Crippen LogP contribution in [0.1, 0.15) is 48.8 Å². The Morgan fingerprint density at radius 1 is 1.45 bits per heavy atom. The molecule has 0 bridgehead atoms. The molecule has 1 aromatic heterocycles. The van der Waals surface area contributed by atoms with Gasteiger partial charge in [-0.2, -0.15) is 0 Å². The van der Waals surface area contributed by atoms with E-state index in [1.165, 1.54) is 0 Å². The minimum atomic E-state index is -0.478. The molecule has 4 nitrogen and oxygen atoms in total. The summed E-state index contributed by atoms with van der Waals surface area (Å²) in [6, 6.07) is 5.96. The van der Waals surface area contributed by atoms with Crippen LogP contribution in [0.25, 0.3) is 0 Å². The molecular weight excluding hydrogens is 252 g/mol. The molecule has 1 N–H and O–H groups in total. The van der Waals surface area contributed by atoms with Gasteiger partial charge >= 0.3 is 0 Å². The molecule has 1 aliphatic rings. The second-order valence-corrected chi connectivity index (χ2v) is 5.41. The highest BCUT2D eigenvalue weighted by Crippen LogP contribution is 2.40. The largest absolute Gasteiger partial charge is 0.484 e. The van der Waals surface area contributed by atoms with E-state index in [9.17, 15) is 5.11 Å². The molecule has 1 aromatic carbocycles. The van der Waals surface area contributed by atoms with Crippen molar-refractivity contribution in [2.75, 3.05) is 0 Å². The highest BCUT2D eigenvalue weighted by Gasteiger charge is 2.29. The van der Waals surface area contributed by atoms with Crippen LogP contribution in [0.5, 0.6) is 5.75 Å². The lowest BCUT2D eigenvalue weighted by Crippen LogP contribution is -2.21. The number of fused-ring (bicyclic) bond motifs is 1. The van der Waals surface area contributed by atoms with Crippen molar-refractivity contribution < 1.29 is 9.84 Å². The molecule has 0 saturated heterocycles. The third-order valence-electron chi connectivity index (χ3n) is 3.77. The number of aromatic nitrogens is 2. The molecule has 0 fully saturated rings. The monoisotopic (exact) mass is 272 g/mol. The van der Waals surface area contributed by atoms with E-state index >= 15 is 0 Å². The number of aryl methyl sites for hydroxylation is 2. The number of nitrogens with zero attached hydrogens (tertiary/aromatic N) is 2. The molecule has 2 heterocycles. The predicted molar refractivity (Wildman–Crippen MR) is 76.6 cm³/mol. The summed E-state index contributed by atoms with van der Waals surface area (Å²) in [7, 11) is 0. The topological polar surface area (TPSA) is 47.3 Å². The van der Waals surface area contributed by atoms with Gasteiger partial charge in [-0.1, -0.05) is 18.6 Å². The highest BCUT2D eigenvalue weighted by atomic mass is 16.5. The van der Waals surface area contributed by atoms with Crippen molar-refractivity contribution in [2.24, 2.45) is 0 Å². The van der Waals surface area contributed by atoms with Gasteiger partial charge in [0.1, 0.15) is 11.9 Å². The first-order valence-corrected chi connectivity index (χ1v) is 7.14. The summed E-state index contributed by atoms with van der Waals surface area (Å²) in [5.74, 6) is 0.781. The zero-order valence-electron chi connectivity index (χ0n) is 11.9. The van der Waals surface area contributed by atoms with Gasteiger partial charge in [-0.05, 0) is 25.5 Å². The van der Waals surface area contributed by atoms with E-state index < -0.39 is 6.10 Å². The van der Waals surface area contributed by atoms with E-state index in [-0.39, 0.29) is 6.10 Å². The summed E-state index contributed by atoms with van der Waals surface area (Å²) in [6.45, 7) is 5.08. The van der Waals surface area contributed by atoms with Crippen LogP contribution in [0.2, 0.25) is 0 Å². The Morgan fingerprint density at radius 3 is 3.10 bits per heavy atom. The average Bonchev–Trinajstić information content (AvgIpc) is 2.88. The Balaban J connectivity index is 1.91. The second kappa shape index (κ2) is 5.29. The maximum atomic E-state index is 10.4. The fourth-order valence-corrected chi connectivity index (χ4v) is 2.77. The summed E-state index contributed by atoms with van der Waals surface area (Å²) in [5, 5.41) is 10.4. The van der Waals surface area contributed by atoms with E-state index in [1.807, 2.05) is 37.6 Å². The molecule has 0 spiro atoms. The van der Waals surface area contributed by atoms with Crippen molar-refractivity contribution in [3.05, 3.63) is 47.5 Å². The first-order chi connectivity index (χ1) is 9.69. The number of hydrogen-bond acceptors (Lipinski definition) is 3. The van der Waals surface area contributed by atoms with Crippen molar-refractivity contribution in [1.82, 2.24) is 9.55 Å². The second-order valence-electron chi connectivity index (χ2n) is 5.41. The SMILES string of the molecule is CCCn1cncc1C1C[C@@H](O)c2cc(C)ccc2O1. The van der Waals surface area contributed by atoms with E-state index in [2.05, 4.69) is 16.5 Å². The molecule has 0 saturated carbocycles. The highest BCUT2D eigenvalue weighted by molar-refractivity contribution is 5.40. The van der Waals surface area contributed by atoms with Crippen molar-refractivity contribution >= 4 is 0 Å². The maximum absolute atomic E-state index is 10.4. The smallest absolute Gasteiger partial charge is 0.143 e. The normalized spacial score (nSPS) is 21.4. The van der Waals surface area contributed by atoms with Gasteiger partial charge < -0.3 is 14.4 Å². The molecule has 0 amide bonds. The Labute approximate surface area is 119 Å². The standard InChI is InChI=1S/C16H20N2O2/c1-3-6-18-10-17-9-13(18)16-8-14(19)12-7-11(2)4-5-15(12)20-16/h4-5,7,9-10,14,16,19H,3,6,8H2,1-2H3/t14-,16?/m1/s1. The third kappa shape index (κ3) is 2.31. The Kier molecular flexibility index (Phi) is 3.49. The van der Waals surface area contributed by atoms with Gasteiger partial charge in [0.25, 0.3) is 0 Å². The fraction of sp³-hybridized carbons (Fsp3) is 0.438. The van der Waals surface area contributed by atoms with Crippen LogP contribution in [-0.4, -0.2) is 14.7 Å². The fourth-order valence-electron chi connectivity index (χ4n) is 2.77. The predicted octanol–water partition coefficient (Wildman–Crippen LogP) is 3.16. The molecular formula is C16H20N2O2. The number of benzene rings is 1. The van der Waals surface area contributed by atoms with Gasteiger partial charge in [-0.15, -0.1) is 0 Å². The average molecular weight is 272 g/mol. The van der Waals surface area contributed by atoms with Gasteiger partial charge in [0.2, 0.25) is 0 Å². The summed E-state index contributed by atoms with van der Waals surface area (Å²) in [5.41, 5.74) is 3.07. The molecule has 3 rings (SSSR count). The number of aliphatic hydroxyl groups is 1. The molecule has 106 valence electrons. The first kappa shape index (κ1) is 13.2. The molecule has 4 heteroatoms. The lowest BCUT2D eigenvalue weighted by molar-refractivity contribution is 0.0617. The summed E-state index contributed by atoms with van der Waals surface area (Å²) < 4.78 is 8.18. The molecule has 2 atom stereocenters. The molecule has 2 aromatic rings. The van der Waals surface area contributed by atoms with E-state index in [1.54, 1.807) is 0 Å². The van der Waals surface area contributed by atoms with Gasteiger partial charge in [0, 0.05) is 18.5 Å². The molecule has 1 aliphatic heterocycles. The zero-order chi connectivity index (χ0) is 14.1. The van der Waals surface area contributed by atoms with Gasteiger partial charge in [0.15, 0.2) is 0 Å². The lowest BCUT2D eigenvalue weighted by Gasteiger charge is -2.30. The Bertz CT molecular complexity index is 606. The van der Waals surface area contributed by atoms with Crippen molar-refractivity contribution in [1.29, 1.82) is 0 Å². The molecule has 1 unspecified atom stereocenters. The first-order valence-electron chi connectivity index (χ1n) is 7.14. The minimum absolute atomic E-state index is 0.130.